The van der Waals surface area contributed by atoms with Crippen molar-refractivity contribution in [3.63, 3.8) is 0 Å². The average molecular weight is 269 g/mol. The Bertz CT molecular complexity index is 357. The summed E-state index contributed by atoms with van der Waals surface area (Å²) in [5.74, 6) is 0. The summed E-state index contributed by atoms with van der Waals surface area (Å²) in [5, 5.41) is 3.38. The molecule has 0 aliphatic carbocycles. The molecule has 0 unspecified atom stereocenters. The Morgan fingerprint density at radius 1 is 1.20 bits per heavy atom. The van der Waals surface area contributed by atoms with Crippen LogP contribution < -0.4 is 10.2 Å². The van der Waals surface area contributed by atoms with Gasteiger partial charge in [-0.25, -0.2) is 0 Å². The van der Waals surface area contributed by atoms with Gasteiger partial charge in [-0.3, -0.25) is 0 Å². The summed E-state index contributed by atoms with van der Waals surface area (Å²) in [6.45, 7) is 8.72. The molecule has 15 heavy (non-hydrogen) atoms. The minimum Gasteiger partial charge on any atom is -0.369 e. The van der Waals surface area contributed by atoms with E-state index in [0.29, 0.717) is 0 Å². The predicted molar refractivity (Wildman–Crippen MR) is 68.7 cm³/mol. The lowest BCUT2D eigenvalue weighted by atomic mass is 10.1. The van der Waals surface area contributed by atoms with Crippen LogP contribution in [0.15, 0.2) is 16.6 Å². The van der Waals surface area contributed by atoms with Gasteiger partial charge in [0.25, 0.3) is 0 Å². The Balaban J connectivity index is 2.31. The van der Waals surface area contributed by atoms with Crippen molar-refractivity contribution < 1.29 is 0 Å². The summed E-state index contributed by atoms with van der Waals surface area (Å²) in [5.41, 5.74) is 4.04. The van der Waals surface area contributed by atoms with Gasteiger partial charge in [-0.1, -0.05) is 22.0 Å². The molecule has 1 aromatic rings. The molecule has 1 aliphatic heterocycles. The fraction of sp³-hybridized carbons (Fsp3) is 0.500. The van der Waals surface area contributed by atoms with E-state index in [1.807, 2.05) is 0 Å². The minimum absolute atomic E-state index is 1.09. The van der Waals surface area contributed by atoms with Crippen LogP contribution in [-0.2, 0) is 0 Å². The Morgan fingerprint density at radius 3 is 2.53 bits per heavy atom. The van der Waals surface area contributed by atoms with Crippen LogP contribution in [0.1, 0.15) is 11.1 Å². The third-order valence-corrected chi connectivity index (χ3v) is 4.23. The number of benzene rings is 1. The van der Waals surface area contributed by atoms with Crippen molar-refractivity contribution in [2.24, 2.45) is 0 Å². The summed E-state index contributed by atoms with van der Waals surface area (Å²) in [4.78, 5) is 2.45. The SMILES string of the molecule is Cc1ccc(N2CCNCC2)c(C)c1Br. The molecule has 82 valence electrons. The molecule has 1 fully saturated rings. The normalized spacial score (nSPS) is 16.9. The van der Waals surface area contributed by atoms with Gasteiger partial charge in [-0.05, 0) is 31.0 Å². The van der Waals surface area contributed by atoms with Crippen LogP contribution in [0.25, 0.3) is 0 Å². The highest BCUT2D eigenvalue weighted by Crippen LogP contribution is 2.29. The van der Waals surface area contributed by atoms with E-state index in [9.17, 15) is 0 Å². The Morgan fingerprint density at radius 2 is 1.87 bits per heavy atom. The summed E-state index contributed by atoms with van der Waals surface area (Å²) >= 11 is 3.65. The van der Waals surface area contributed by atoms with Crippen LogP contribution in [0.5, 0.6) is 0 Å². The van der Waals surface area contributed by atoms with Gasteiger partial charge < -0.3 is 10.2 Å². The molecule has 1 saturated heterocycles. The number of aryl methyl sites for hydroxylation is 1. The van der Waals surface area contributed by atoms with E-state index in [2.05, 4.69) is 52.1 Å². The summed E-state index contributed by atoms with van der Waals surface area (Å²) in [6, 6.07) is 4.43. The van der Waals surface area contributed by atoms with Crippen molar-refractivity contribution in [3.8, 4) is 0 Å². The highest BCUT2D eigenvalue weighted by Gasteiger charge is 2.14. The lowest BCUT2D eigenvalue weighted by Crippen LogP contribution is -2.43. The molecule has 0 amide bonds. The molecule has 1 aliphatic rings. The first-order valence-electron chi connectivity index (χ1n) is 5.41. The number of rotatable bonds is 1. The molecule has 1 aromatic carbocycles. The number of nitrogens with zero attached hydrogens (tertiary/aromatic N) is 1. The van der Waals surface area contributed by atoms with E-state index in [-0.39, 0.29) is 0 Å². The maximum atomic E-state index is 3.65. The van der Waals surface area contributed by atoms with Crippen LogP contribution in [-0.4, -0.2) is 26.2 Å². The summed E-state index contributed by atoms with van der Waals surface area (Å²) < 4.78 is 1.25. The maximum Gasteiger partial charge on any atom is 0.0408 e. The molecular weight excluding hydrogens is 252 g/mol. The third kappa shape index (κ3) is 2.18. The summed E-state index contributed by atoms with van der Waals surface area (Å²) in [6.07, 6.45) is 0. The van der Waals surface area contributed by atoms with E-state index >= 15 is 0 Å². The second-order valence-electron chi connectivity index (χ2n) is 4.08. The quantitative estimate of drug-likeness (QED) is 0.842. The lowest BCUT2D eigenvalue weighted by Gasteiger charge is -2.31. The van der Waals surface area contributed by atoms with Gasteiger partial charge in [0.15, 0.2) is 0 Å². The van der Waals surface area contributed by atoms with E-state index in [0.717, 1.165) is 26.2 Å². The number of hydrogen-bond donors (Lipinski definition) is 1. The lowest BCUT2D eigenvalue weighted by molar-refractivity contribution is 0.588. The molecule has 3 heteroatoms. The summed E-state index contributed by atoms with van der Waals surface area (Å²) in [7, 11) is 0. The zero-order valence-corrected chi connectivity index (χ0v) is 10.9. The highest BCUT2D eigenvalue weighted by atomic mass is 79.9. The maximum absolute atomic E-state index is 3.65. The monoisotopic (exact) mass is 268 g/mol. The van der Waals surface area contributed by atoms with Gasteiger partial charge >= 0.3 is 0 Å². The molecule has 0 saturated carbocycles. The molecule has 2 rings (SSSR count). The second kappa shape index (κ2) is 4.54. The zero-order chi connectivity index (χ0) is 10.8. The average Bonchev–Trinajstić information content (AvgIpc) is 2.27. The predicted octanol–water partition coefficient (Wildman–Crippen LogP) is 2.48. The Hall–Kier alpha value is -0.540. The van der Waals surface area contributed by atoms with Gasteiger partial charge in [0.2, 0.25) is 0 Å². The molecular formula is C12H17BrN2. The number of hydrogen-bond acceptors (Lipinski definition) is 2. The number of piperazine rings is 1. The molecule has 0 aromatic heterocycles. The van der Waals surface area contributed by atoms with Crippen LogP contribution >= 0.6 is 15.9 Å². The van der Waals surface area contributed by atoms with Crippen molar-refractivity contribution in [1.29, 1.82) is 0 Å². The molecule has 0 radical (unpaired) electrons. The van der Waals surface area contributed by atoms with Crippen LogP contribution in [0.4, 0.5) is 5.69 Å². The van der Waals surface area contributed by atoms with Gasteiger partial charge in [0, 0.05) is 36.3 Å². The fourth-order valence-electron chi connectivity index (χ4n) is 2.06. The van der Waals surface area contributed by atoms with E-state index in [1.54, 1.807) is 0 Å². The van der Waals surface area contributed by atoms with Crippen LogP contribution in [0.2, 0.25) is 0 Å². The standard InChI is InChI=1S/C12H17BrN2/c1-9-3-4-11(10(2)12(9)13)15-7-5-14-6-8-15/h3-4,14H,5-8H2,1-2H3. The molecule has 1 heterocycles. The van der Waals surface area contributed by atoms with Crippen molar-refractivity contribution in [3.05, 3.63) is 27.7 Å². The van der Waals surface area contributed by atoms with E-state index in [1.165, 1.54) is 21.3 Å². The number of halogens is 1. The van der Waals surface area contributed by atoms with Gasteiger partial charge in [0.05, 0.1) is 0 Å². The second-order valence-corrected chi connectivity index (χ2v) is 4.87. The first-order valence-corrected chi connectivity index (χ1v) is 6.21. The molecule has 0 atom stereocenters. The minimum atomic E-state index is 1.09. The van der Waals surface area contributed by atoms with Crippen LogP contribution in [0.3, 0.4) is 0 Å². The largest absolute Gasteiger partial charge is 0.369 e. The molecule has 2 nitrogen and oxygen atoms in total. The van der Waals surface area contributed by atoms with E-state index < -0.39 is 0 Å². The number of nitrogens with one attached hydrogen (secondary N) is 1. The third-order valence-electron chi connectivity index (χ3n) is 3.01. The first kappa shape index (κ1) is 11.0. The first-order chi connectivity index (χ1) is 7.20. The highest BCUT2D eigenvalue weighted by molar-refractivity contribution is 9.10. The van der Waals surface area contributed by atoms with Gasteiger partial charge in [0.1, 0.15) is 0 Å². The Kier molecular flexibility index (Phi) is 3.32. The molecule has 0 spiro atoms. The van der Waals surface area contributed by atoms with Gasteiger partial charge in [-0.15, -0.1) is 0 Å². The van der Waals surface area contributed by atoms with Crippen molar-refractivity contribution in [2.75, 3.05) is 31.1 Å². The Labute approximate surface area is 99.8 Å². The zero-order valence-electron chi connectivity index (χ0n) is 9.31. The van der Waals surface area contributed by atoms with Crippen molar-refractivity contribution in [2.45, 2.75) is 13.8 Å². The van der Waals surface area contributed by atoms with Crippen molar-refractivity contribution in [1.82, 2.24) is 5.32 Å². The van der Waals surface area contributed by atoms with Crippen molar-refractivity contribution >= 4 is 21.6 Å². The van der Waals surface area contributed by atoms with E-state index in [4.69, 9.17) is 0 Å². The molecule has 0 bridgehead atoms. The van der Waals surface area contributed by atoms with Crippen LogP contribution in [0, 0.1) is 13.8 Å². The van der Waals surface area contributed by atoms with Gasteiger partial charge in [-0.2, -0.15) is 0 Å². The fourth-order valence-corrected chi connectivity index (χ4v) is 2.39. The number of anilines is 1. The smallest absolute Gasteiger partial charge is 0.0408 e. The topological polar surface area (TPSA) is 15.3 Å². The molecule has 1 N–H and O–H groups in total.